The first kappa shape index (κ1) is 35.2. The van der Waals surface area contributed by atoms with Gasteiger partial charge in [-0.2, -0.15) is 11.8 Å². The Morgan fingerprint density at radius 2 is 1.56 bits per heavy atom. The van der Waals surface area contributed by atoms with Gasteiger partial charge in [-0.1, -0.05) is 30.3 Å². The van der Waals surface area contributed by atoms with Crippen molar-refractivity contribution in [3.05, 3.63) is 54.1 Å². The van der Waals surface area contributed by atoms with E-state index in [0.29, 0.717) is 17.0 Å². The number of hydrogen-bond acceptors (Lipinski definition) is 10. The number of nitrogens with one attached hydrogen (secondary N) is 5. The smallest absolute Gasteiger partial charge is 0.326 e. The number of aliphatic carboxylic acids is 1. The molecular weight excluding hydrogens is 582 g/mol. The molecule has 1 aromatic carbocycles. The van der Waals surface area contributed by atoms with Crippen molar-refractivity contribution < 1.29 is 39.3 Å². The number of aromatic nitrogens is 2. The standard InChI is InChI=1S/C27H39N7O8S/c1-15(36)22(34-25(39)20(32-23(37)18(28)13-35)10-16-6-4-3-5-7-16)26(40)31-19(8-9-43-2)24(38)33-21(27(41)42)11-17-12-29-14-30-17/h3-7,12,14-15,18-22,35-36H,8-11,13,28H2,1-2H3,(H,29,30)(H,31,40)(H,32,37)(H,33,38)(H,34,39)(H,41,42)/t15-,18+,19+,20+,21+,22+/m1/s1. The highest BCUT2D eigenvalue weighted by molar-refractivity contribution is 7.98. The van der Waals surface area contributed by atoms with Crippen molar-refractivity contribution in [2.24, 2.45) is 5.73 Å². The van der Waals surface area contributed by atoms with Gasteiger partial charge in [0, 0.05) is 24.7 Å². The van der Waals surface area contributed by atoms with Crippen molar-refractivity contribution in [2.45, 2.75) is 62.5 Å². The number of nitrogens with two attached hydrogens (primary N) is 1. The summed E-state index contributed by atoms with van der Waals surface area (Å²) in [7, 11) is 0. The number of carbonyl (C=O) groups excluding carboxylic acids is 4. The third-order valence-electron chi connectivity index (χ3n) is 6.35. The van der Waals surface area contributed by atoms with Gasteiger partial charge < -0.3 is 47.3 Å². The minimum absolute atomic E-state index is 0.0103. The molecule has 16 heteroatoms. The van der Waals surface area contributed by atoms with Crippen molar-refractivity contribution in [3.8, 4) is 0 Å². The van der Waals surface area contributed by atoms with E-state index in [-0.39, 0.29) is 19.3 Å². The highest BCUT2D eigenvalue weighted by Gasteiger charge is 2.34. The van der Waals surface area contributed by atoms with Crippen molar-refractivity contribution in [2.75, 3.05) is 18.6 Å². The Morgan fingerprint density at radius 3 is 2.12 bits per heavy atom. The van der Waals surface area contributed by atoms with E-state index in [2.05, 4.69) is 31.2 Å². The molecule has 0 aliphatic rings. The molecule has 0 spiro atoms. The van der Waals surface area contributed by atoms with E-state index in [9.17, 15) is 39.3 Å². The molecule has 2 rings (SSSR count). The lowest BCUT2D eigenvalue weighted by Gasteiger charge is -2.27. The van der Waals surface area contributed by atoms with E-state index in [1.807, 2.05) is 0 Å². The zero-order valence-electron chi connectivity index (χ0n) is 23.9. The molecule has 1 heterocycles. The molecule has 0 radical (unpaired) electrons. The van der Waals surface area contributed by atoms with Crippen LogP contribution in [0.25, 0.3) is 0 Å². The van der Waals surface area contributed by atoms with E-state index >= 15 is 0 Å². The summed E-state index contributed by atoms with van der Waals surface area (Å²) in [4.78, 5) is 70.5. The molecular formula is C27H39N7O8S. The second-order valence-electron chi connectivity index (χ2n) is 9.79. The number of imidazole rings is 1. The molecule has 0 unspecified atom stereocenters. The first-order chi connectivity index (χ1) is 20.5. The quantitative estimate of drug-likeness (QED) is 0.0854. The summed E-state index contributed by atoms with van der Waals surface area (Å²) < 4.78 is 0. The van der Waals surface area contributed by atoms with Gasteiger partial charge in [0.2, 0.25) is 23.6 Å². The minimum atomic E-state index is -1.54. The first-order valence-corrected chi connectivity index (χ1v) is 14.8. The molecule has 0 fully saturated rings. The predicted octanol–water partition coefficient (Wildman–Crippen LogP) is -2.33. The van der Waals surface area contributed by atoms with Crippen LogP contribution in [0, 0.1) is 0 Å². The second kappa shape index (κ2) is 17.8. The van der Waals surface area contributed by atoms with Crippen LogP contribution in [0.5, 0.6) is 0 Å². The normalized spacial score (nSPS) is 15.2. The molecule has 43 heavy (non-hydrogen) atoms. The van der Waals surface area contributed by atoms with Gasteiger partial charge in [0.25, 0.3) is 0 Å². The lowest BCUT2D eigenvalue weighted by molar-refractivity contribution is -0.142. The maximum absolute atomic E-state index is 13.3. The van der Waals surface area contributed by atoms with Crippen LogP contribution in [0.3, 0.4) is 0 Å². The molecule has 6 atom stereocenters. The van der Waals surface area contributed by atoms with Gasteiger partial charge in [0.15, 0.2) is 0 Å². The Balaban J connectivity index is 2.20. The molecule has 2 aromatic rings. The number of hydrogen-bond donors (Lipinski definition) is 9. The number of aliphatic hydroxyl groups is 2. The number of rotatable bonds is 18. The van der Waals surface area contributed by atoms with E-state index < -0.39 is 72.5 Å². The predicted molar refractivity (Wildman–Crippen MR) is 158 cm³/mol. The Morgan fingerprint density at radius 1 is 0.930 bits per heavy atom. The Hall–Kier alpha value is -3.99. The van der Waals surface area contributed by atoms with Crippen molar-refractivity contribution in [3.63, 3.8) is 0 Å². The van der Waals surface area contributed by atoms with Gasteiger partial charge in [-0.25, -0.2) is 9.78 Å². The Kier molecular flexibility index (Phi) is 14.6. The zero-order chi connectivity index (χ0) is 31.9. The number of carboxylic acid groups (broad SMARTS) is 1. The third-order valence-corrected chi connectivity index (χ3v) is 6.99. The van der Waals surface area contributed by atoms with Crippen LogP contribution in [0.4, 0.5) is 0 Å². The number of nitrogens with zero attached hydrogens (tertiary/aromatic N) is 1. The largest absolute Gasteiger partial charge is 0.480 e. The fourth-order valence-electron chi connectivity index (χ4n) is 3.93. The molecule has 4 amide bonds. The highest BCUT2D eigenvalue weighted by atomic mass is 32.2. The maximum Gasteiger partial charge on any atom is 0.326 e. The molecule has 1 aromatic heterocycles. The number of carboxylic acids is 1. The van der Waals surface area contributed by atoms with Crippen LogP contribution in [-0.4, -0.2) is 110 Å². The second-order valence-corrected chi connectivity index (χ2v) is 10.8. The maximum atomic E-state index is 13.3. The van der Waals surface area contributed by atoms with Crippen LogP contribution >= 0.6 is 11.8 Å². The lowest BCUT2D eigenvalue weighted by atomic mass is 10.0. The fourth-order valence-corrected chi connectivity index (χ4v) is 4.41. The molecule has 0 bridgehead atoms. The monoisotopic (exact) mass is 621 g/mol. The summed E-state index contributed by atoms with van der Waals surface area (Å²) in [5.74, 6) is -4.15. The molecule has 0 saturated heterocycles. The van der Waals surface area contributed by atoms with E-state index in [0.717, 1.165) is 0 Å². The number of carbonyl (C=O) groups is 5. The topological polar surface area (TPSA) is 249 Å². The average Bonchev–Trinajstić information content (AvgIpc) is 3.50. The zero-order valence-corrected chi connectivity index (χ0v) is 24.7. The molecule has 236 valence electrons. The van der Waals surface area contributed by atoms with Gasteiger partial charge in [0.05, 0.1) is 19.0 Å². The first-order valence-electron chi connectivity index (χ1n) is 13.5. The number of thioether (sulfide) groups is 1. The van der Waals surface area contributed by atoms with Gasteiger partial charge in [-0.15, -0.1) is 0 Å². The molecule has 0 aliphatic carbocycles. The van der Waals surface area contributed by atoms with Crippen LogP contribution in [0.15, 0.2) is 42.9 Å². The summed E-state index contributed by atoms with van der Waals surface area (Å²) >= 11 is 1.40. The van der Waals surface area contributed by atoms with E-state index in [4.69, 9.17) is 5.73 Å². The molecule has 0 saturated carbocycles. The van der Waals surface area contributed by atoms with Crippen LogP contribution in [0.2, 0.25) is 0 Å². The number of amides is 4. The van der Waals surface area contributed by atoms with Crippen LogP contribution in [-0.2, 0) is 36.8 Å². The van der Waals surface area contributed by atoms with E-state index in [1.54, 1.807) is 36.6 Å². The lowest BCUT2D eigenvalue weighted by Crippen LogP contribution is -2.61. The number of aliphatic hydroxyl groups excluding tert-OH is 2. The fraction of sp³-hybridized carbons (Fsp3) is 0.481. The highest BCUT2D eigenvalue weighted by Crippen LogP contribution is 2.08. The Labute approximate surface area is 252 Å². The Bertz CT molecular complexity index is 1200. The molecule has 15 nitrogen and oxygen atoms in total. The summed E-state index contributed by atoms with van der Waals surface area (Å²) in [6, 6.07) is 2.13. The average molecular weight is 622 g/mol. The summed E-state index contributed by atoms with van der Waals surface area (Å²) in [6.45, 7) is 0.604. The van der Waals surface area contributed by atoms with Gasteiger partial charge >= 0.3 is 5.97 Å². The van der Waals surface area contributed by atoms with Crippen molar-refractivity contribution >= 4 is 41.4 Å². The molecule has 0 aliphatic heterocycles. The summed E-state index contributed by atoms with van der Waals surface area (Å²) in [5, 5.41) is 39.1. The van der Waals surface area contributed by atoms with Gasteiger partial charge in [-0.3, -0.25) is 19.2 Å². The number of aromatic amines is 1. The van der Waals surface area contributed by atoms with Crippen molar-refractivity contribution in [1.29, 1.82) is 0 Å². The van der Waals surface area contributed by atoms with Gasteiger partial charge in [-0.05, 0) is 30.9 Å². The summed E-state index contributed by atoms with van der Waals surface area (Å²) in [5.41, 5.74) is 6.75. The van der Waals surface area contributed by atoms with Gasteiger partial charge in [0.1, 0.15) is 30.2 Å². The van der Waals surface area contributed by atoms with Crippen molar-refractivity contribution in [1.82, 2.24) is 31.2 Å². The number of benzene rings is 1. The van der Waals surface area contributed by atoms with E-state index in [1.165, 1.54) is 31.2 Å². The third kappa shape index (κ3) is 11.7. The van der Waals surface area contributed by atoms with Crippen LogP contribution < -0.4 is 27.0 Å². The molecule has 10 N–H and O–H groups in total. The van der Waals surface area contributed by atoms with Crippen LogP contribution in [0.1, 0.15) is 24.6 Å². The minimum Gasteiger partial charge on any atom is -0.480 e. The summed E-state index contributed by atoms with van der Waals surface area (Å²) in [6.07, 6.45) is 3.23. The number of H-pyrrole nitrogens is 1. The SMILES string of the molecule is CSCC[C@H](NC(=O)[C@@H](NC(=O)[C@H](Cc1ccccc1)NC(=O)[C@@H](N)CO)[C@@H](C)O)C(=O)N[C@@H](Cc1cnc[nH]1)C(=O)O.